The molecule has 86 valence electrons. The molecule has 7 heteroatoms. The van der Waals surface area contributed by atoms with Gasteiger partial charge < -0.3 is 11.1 Å². The number of rotatable bonds is 3. The number of nitrogens with two attached hydrogens (primary N) is 1. The van der Waals surface area contributed by atoms with Crippen LogP contribution in [-0.2, 0) is 4.79 Å². The zero-order chi connectivity index (χ0) is 12.3. The summed E-state index contributed by atoms with van der Waals surface area (Å²) in [7, 11) is 0. The molecule has 1 aromatic carbocycles. The van der Waals surface area contributed by atoms with Crippen LogP contribution in [-0.4, -0.2) is 18.4 Å². The van der Waals surface area contributed by atoms with E-state index in [0.717, 1.165) is 10.7 Å². The zero-order valence-corrected chi connectivity index (χ0v) is 14.4. The van der Waals surface area contributed by atoms with Crippen LogP contribution in [0.15, 0.2) is 12.1 Å². The molecular weight excluding hydrogens is 549 g/mol. The second kappa shape index (κ2) is 6.33. The first-order valence-corrected chi connectivity index (χ1v) is 7.36. The van der Waals surface area contributed by atoms with Gasteiger partial charge in [-0.25, -0.2) is 0 Å². The van der Waals surface area contributed by atoms with Gasteiger partial charge in [0.05, 0.1) is 12.1 Å². The Bertz CT molecular complexity index is 449. The molecule has 0 aliphatic rings. The van der Waals surface area contributed by atoms with Crippen molar-refractivity contribution < 1.29 is 9.59 Å². The summed E-state index contributed by atoms with van der Waals surface area (Å²) in [5, 5.41) is 2.47. The highest BCUT2D eigenvalue weighted by atomic mass is 127. The minimum atomic E-state index is -0.552. The molecule has 0 saturated heterocycles. The maximum absolute atomic E-state index is 11.7. The molecule has 1 aromatic rings. The number of hydrogen-bond acceptors (Lipinski definition) is 2. The van der Waals surface area contributed by atoms with Gasteiger partial charge in [-0.05, 0) is 79.9 Å². The minimum Gasteiger partial charge on any atom is -0.368 e. The molecule has 0 bridgehead atoms. The summed E-state index contributed by atoms with van der Waals surface area (Å²) in [6.45, 7) is -0.142. The van der Waals surface area contributed by atoms with Crippen molar-refractivity contribution in [3.05, 3.63) is 28.4 Å². The number of nitrogens with one attached hydrogen (secondary N) is 1. The summed E-state index contributed by atoms with van der Waals surface area (Å²) in [6.07, 6.45) is 0. The van der Waals surface area contributed by atoms with Gasteiger partial charge in [0.15, 0.2) is 0 Å². The van der Waals surface area contributed by atoms with E-state index in [0.29, 0.717) is 5.56 Å². The molecule has 0 spiro atoms. The highest BCUT2D eigenvalue weighted by Crippen LogP contribution is 2.22. The quantitative estimate of drug-likeness (QED) is 0.441. The second-order valence-corrected chi connectivity index (χ2v) is 6.38. The molecule has 0 aliphatic carbocycles. The van der Waals surface area contributed by atoms with Crippen LogP contribution < -0.4 is 11.1 Å². The van der Waals surface area contributed by atoms with Crippen LogP contribution >= 0.6 is 67.8 Å². The van der Waals surface area contributed by atoms with Crippen LogP contribution in [0.25, 0.3) is 0 Å². The number of benzene rings is 1. The first kappa shape index (κ1) is 14.4. The highest BCUT2D eigenvalue weighted by Gasteiger charge is 2.13. The van der Waals surface area contributed by atoms with Crippen molar-refractivity contribution in [1.29, 1.82) is 0 Å². The summed E-state index contributed by atoms with van der Waals surface area (Å²) in [4.78, 5) is 22.3. The number of carbonyl (C=O) groups excluding carboxylic acids is 2. The third kappa shape index (κ3) is 3.98. The molecule has 0 atom stereocenters. The van der Waals surface area contributed by atoms with Gasteiger partial charge in [-0.2, -0.15) is 0 Å². The molecule has 2 amide bonds. The van der Waals surface area contributed by atoms with Crippen LogP contribution in [0.2, 0.25) is 0 Å². The largest absolute Gasteiger partial charge is 0.368 e. The van der Waals surface area contributed by atoms with E-state index in [9.17, 15) is 9.59 Å². The monoisotopic (exact) mass is 556 g/mol. The van der Waals surface area contributed by atoms with Gasteiger partial charge in [0.25, 0.3) is 5.91 Å². The van der Waals surface area contributed by atoms with E-state index in [1.807, 2.05) is 6.07 Å². The average Bonchev–Trinajstić information content (AvgIpc) is 2.19. The Labute approximate surface area is 134 Å². The van der Waals surface area contributed by atoms with E-state index >= 15 is 0 Å². The van der Waals surface area contributed by atoms with Crippen LogP contribution in [0.4, 0.5) is 0 Å². The molecular formula is C9H7I3N2O2. The van der Waals surface area contributed by atoms with Gasteiger partial charge in [0, 0.05) is 10.7 Å². The SMILES string of the molecule is NC(=O)CNC(=O)c1cc(I)cc(I)c1I. The van der Waals surface area contributed by atoms with Crippen molar-refractivity contribution in [2.45, 2.75) is 0 Å². The van der Waals surface area contributed by atoms with Gasteiger partial charge >= 0.3 is 0 Å². The lowest BCUT2D eigenvalue weighted by atomic mass is 10.2. The standard InChI is InChI=1S/C9H7I3N2O2/c10-4-1-5(8(12)6(11)2-4)9(16)14-3-7(13)15/h1-2H,3H2,(H2,13,15)(H,14,16). The highest BCUT2D eigenvalue weighted by molar-refractivity contribution is 14.1. The van der Waals surface area contributed by atoms with Gasteiger partial charge in [-0.3, -0.25) is 9.59 Å². The number of amides is 2. The lowest BCUT2D eigenvalue weighted by Gasteiger charge is -2.07. The van der Waals surface area contributed by atoms with Crippen LogP contribution in [0.5, 0.6) is 0 Å². The topological polar surface area (TPSA) is 72.2 Å². The van der Waals surface area contributed by atoms with Gasteiger partial charge in [0.1, 0.15) is 0 Å². The normalized spacial score (nSPS) is 9.94. The third-order valence-corrected chi connectivity index (χ3v) is 5.33. The van der Waals surface area contributed by atoms with E-state index < -0.39 is 5.91 Å². The summed E-state index contributed by atoms with van der Waals surface area (Å²) in [5.74, 6) is -0.830. The summed E-state index contributed by atoms with van der Waals surface area (Å²) < 4.78 is 2.86. The Kier molecular flexibility index (Phi) is 5.70. The van der Waals surface area contributed by atoms with Gasteiger partial charge in [-0.1, -0.05) is 0 Å². The Balaban J connectivity index is 2.95. The fraction of sp³-hybridized carbons (Fsp3) is 0.111. The molecule has 0 fully saturated rings. The molecule has 0 heterocycles. The van der Waals surface area contributed by atoms with Gasteiger partial charge in [0.2, 0.25) is 5.91 Å². The van der Waals surface area contributed by atoms with Crippen molar-refractivity contribution in [2.75, 3.05) is 6.54 Å². The van der Waals surface area contributed by atoms with Crippen LogP contribution in [0.1, 0.15) is 10.4 Å². The molecule has 0 aliphatic heterocycles. The predicted molar refractivity (Wildman–Crippen MR) is 86.1 cm³/mol. The molecule has 16 heavy (non-hydrogen) atoms. The second-order valence-electron chi connectivity index (χ2n) is 2.90. The molecule has 0 unspecified atom stereocenters. The smallest absolute Gasteiger partial charge is 0.252 e. The first-order chi connectivity index (χ1) is 7.41. The summed E-state index contributed by atoms with van der Waals surface area (Å²) in [5.41, 5.74) is 5.53. The van der Waals surface area contributed by atoms with E-state index in [4.69, 9.17) is 5.73 Å². The Hall–Kier alpha value is 0.350. The average molecular weight is 556 g/mol. The van der Waals surface area contributed by atoms with E-state index in [-0.39, 0.29) is 12.5 Å². The van der Waals surface area contributed by atoms with Crippen molar-refractivity contribution in [2.24, 2.45) is 5.73 Å². The Morgan fingerprint density at radius 3 is 2.44 bits per heavy atom. The van der Waals surface area contributed by atoms with E-state index in [1.54, 1.807) is 6.07 Å². The maximum Gasteiger partial charge on any atom is 0.252 e. The molecule has 1 rings (SSSR count). The Morgan fingerprint density at radius 1 is 1.25 bits per heavy atom. The van der Waals surface area contributed by atoms with Crippen LogP contribution in [0, 0.1) is 10.7 Å². The van der Waals surface area contributed by atoms with Crippen molar-refractivity contribution in [1.82, 2.24) is 5.32 Å². The van der Waals surface area contributed by atoms with E-state index in [1.165, 1.54) is 0 Å². The minimum absolute atomic E-state index is 0.142. The predicted octanol–water partition coefficient (Wildman–Crippen LogP) is 1.72. The fourth-order valence-corrected chi connectivity index (χ4v) is 3.38. The lowest BCUT2D eigenvalue weighted by Crippen LogP contribution is -2.33. The van der Waals surface area contributed by atoms with Crippen LogP contribution in [0.3, 0.4) is 0 Å². The number of halogens is 3. The number of primary amides is 1. The van der Waals surface area contributed by atoms with Crippen molar-refractivity contribution >= 4 is 79.6 Å². The van der Waals surface area contributed by atoms with Gasteiger partial charge in [-0.15, -0.1) is 0 Å². The molecule has 0 aromatic heterocycles. The molecule has 0 radical (unpaired) electrons. The number of carbonyl (C=O) groups is 2. The first-order valence-electron chi connectivity index (χ1n) is 4.13. The summed E-state index contributed by atoms with van der Waals surface area (Å²) in [6, 6.07) is 3.76. The fourth-order valence-electron chi connectivity index (χ4n) is 0.984. The van der Waals surface area contributed by atoms with Crippen molar-refractivity contribution in [3.8, 4) is 0 Å². The Morgan fingerprint density at radius 2 is 1.88 bits per heavy atom. The molecule has 3 N–H and O–H groups in total. The maximum atomic E-state index is 11.7. The summed E-state index contributed by atoms with van der Waals surface area (Å²) >= 11 is 6.42. The number of hydrogen-bond donors (Lipinski definition) is 2. The molecule has 4 nitrogen and oxygen atoms in total. The third-order valence-electron chi connectivity index (χ3n) is 1.66. The molecule has 0 saturated carbocycles. The lowest BCUT2D eigenvalue weighted by molar-refractivity contribution is -0.117. The van der Waals surface area contributed by atoms with E-state index in [2.05, 4.69) is 73.1 Å². The zero-order valence-electron chi connectivity index (χ0n) is 7.89. The van der Waals surface area contributed by atoms with Crippen molar-refractivity contribution in [3.63, 3.8) is 0 Å².